The largest absolute Gasteiger partial charge is 0.481 e. The predicted octanol–water partition coefficient (Wildman–Crippen LogP) is 4.76. The van der Waals surface area contributed by atoms with Crippen molar-refractivity contribution in [3.63, 3.8) is 0 Å². The van der Waals surface area contributed by atoms with Crippen LogP contribution in [-0.4, -0.2) is 17.9 Å². The third kappa shape index (κ3) is 2.98. The third-order valence-electron chi connectivity index (χ3n) is 6.74. The average Bonchev–Trinajstić information content (AvgIpc) is 3.39. The van der Waals surface area contributed by atoms with E-state index in [-0.39, 0.29) is 11.3 Å². The summed E-state index contributed by atoms with van der Waals surface area (Å²) in [5, 5.41) is 0. The van der Waals surface area contributed by atoms with Gasteiger partial charge in [-0.2, -0.15) is 0 Å². The van der Waals surface area contributed by atoms with Gasteiger partial charge in [0.1, 0.15) is 5.78 Å². The summed E-state index contributed by atoms with van der Waals surface area (Å²) in [6.45, 7) is 2.27. The monoisotopic (exact) mass is 327 g/mol. The molecule has 4 unspecified atom stereocenters. The topological polar surface area (TPSA) is 39.2 Å². The van der Waals surface area contributed by atoms with Crippen molar-refractivity contribution in [3.05, 3.63) is 23.9 Å². The number of nitrogens with zero attached hydrogens (tertiary/aromatic N) is 1. The van der Waals surface area contributed by atoms with Gasteiger partial charge in [-0.1, -0.05) is 38.7 Å². The molecule has 2 bridgehead atoms. The number of hydrogen-bond donors (Lipinski definition) is 0. The van der Waals surface area contributed by atoms with Crippen LogP contribution >= 0.6 is 0 Å². The summed E-state index contributed by atoms with van der Waals surface area (Å²) < 4.78 is 5.13. The van der Waals surface area contributed by atoms with Crippen molar-refractivity contribution in [2.24, 2.45) is 23.2 Å². The molecule has 3 aliphatic carbocycles. The Morgan fingerprint density at radius 2 is 1.88 bits per heavy atom. The molecule has 0 aliphatic heterocycles. The number of ether oxygens (including phenoxy) is 1. The van der Waals surface area contributed by atoms with Crippen LogP contribution in [-0.2, 0) is 4.79 Å². The summed E-state index contributed by atoms with van der Waals surface area (Å²) in [4.78, 5) is 17.6. The Morgan fingerprint density at radius 1 is 1.17 bits per heavy atom. The molecule has 0 radical (unpaired) electrons. The first-order valence-corrected chi connectivity index (χ1v) is 9.63. The molecule has 24 heavy (non-hydrogen) atoms. The van der Waals surface area contributed by atoms with E-state index in [9.17, 15) is 4.79 Å². The van der Waals surface area contributed by atoms with Crippen molar-refractivity contribution in [2.75, 3.05) is 7.11 Å². The van der Waals surface area contributed by atoms with E-state index < -0.39 is 0 Å². The second kappa shape index (κ2) is 6.16. The van der Waals surface area contributed by atoms with Crippen molar-refractivity contribution in [2.45, 2.75) is 64.2 Å². The number of fused-ring (bicyclic) bond motifs is 2. The van der Waals surface area contributed by atoms with Crippen molar-refractivity contribution in [1.29, 1.82) is 0 Å². The van der Waals surface area contributed by atoms with Crippen LogP contribution in [0.2, 0.25) is 0 Å². The zero-order valence-corrected chi connectivity index (χ0v) is 15.0. The van der Waals surface area contributed by atoms with Crippen LogP contribution in [0.5, 0.6) is 5.88 Å². The number of carbonyl (C=O) groups excluding carboxylic acids is 1. The smallest absolute Gasteiger partial charge is 0.212 e. The Kier molecular flexibility index (Phi) is 4.14. The van der Waals surface area contributed by atoms with Gasteiger partial charge in [0.25, 0.3) is 0 Å². The van der Waals surface area contributed by atoms with Gasteiger partial charge in [0.05, 0.1) is 7.11 Å². The van der Waals surface area contributed by atoms with E-state index in [0.29, 0.717) is 17.6 Å². The molecular formula is C21H29NO2. The van der Waals surface area contributed by atoms with Gasteiger partial charge in [0.15, 0.2) is 0 Å². The first kappa shape index (κ1) is 16.1. The lowest BCUT2D eigenvalue weighted by molar-refractivity contribution is -0.133. The van der Waals surface area contributed by atoms with Crippen molar-refractivity contribution < 1.29 is 9.53 Å². The highest BCUT2D eigenvalue weighted by Crippen LogP contribution is 2.56. The normalized spacial score (nSPS) is 38.2. The van der Waals surface area contributed by atoms with Gasteiger partial charge < -0.3 is 4.74 Å². The fourth-order valence-electron chi connectivity index (χ4n) is 5.54. The second-order valence-corrected chi connectivity index (χ2v) is 8.67. The Hall–Kier alpha value is -1.38. The molecule has 1 aromatic heterocycles. The standard InChI is InChI=1S/C21H29NO2/c1-21(11-14-5-3-4-6-15(9-14)12-21)20(23)18-10-17(18)16-7-8-19(24-2)22-13-16/h7-8,13-15,17-18H,3-6,9-12H2,1-2H3. The Labute approximate surface area is 145 Å². The fourth-order valence-corrected chi connectivity index (χ4v) is 5.54. The fraction of sp³-hybridized carbons (Fsp3) is 0.714. The molecule has 0 amide bonds. The molecular weight excluding hydrogens is 298 g/mol. The minimum Gasteiger partial charge on any atom is -0.481 e. The van der Waals surface area contributed by atoms with Gasteiger partial charge in [0, 0.05) is 23.6 Å². The van der Waals surface area contributed by atoms with Crippen LogP contribution in [0.15, 0.2) is 18.3 Å². The molecule has 3 aliphatic rings. The van der Waals surface area contributed by atoms with Gasteiger partial charge in [-0.25, -0.2) is 4.98 Å². The average molecular weight is 327 g/mol. The zero-order valence-electron chi connectivity index (χ0n) is 15.0. The molecule has 0 N–H and O–H groups in total. The minimum atomic E-state index is -0.0722. The first-order valence-electron chi connectivity index (χ1n) is 9.63. The highest BCUT2D eigenvalue weighted by molar-refractivity contribution is 5.90. The van der Waals surface area contributed by atoms with E-state index in [1.165, 1.54) is 37.7 Å². The number of carbonyl (C=O) groups is 1. The van der Waals surface area contributed by atoms with Crippen molar-refractivity contribution in [3.8, 4) is 5.88 Å². The number of pyridine rings is 1. The molecule has 1 heterocycles. The van der Waals surface area contributed by atoms with Crippen LogP contribution in [0.4, 0.5) is 0 Å². The quantitative estimate of drug-likeness (QED) is 0.800. The van der Waals surface area contributed by atoms with Crippen LogP contribution in [0.1, 0.15) is 69.8 Å². The van der Waals surface area contributed by atoms with Gasteiger partial charge in [-0.15, -0.1) is 0 Å². The maximum absolute atomic E-state index is 13.3. The summed E-state index contributed by atoms with van der Waals surface area (Å²) >= 11 is 0. The van der Waals surface area contributed by atoms with E-state index in [1.807, 2.05) is 12.3 Å². The lowest BCUT2D eigenvalue weighted by atomic mass is 9.63. The van der Waals surface area contributed by atoms with Crippen LogP contribution in [0, 0.1) is 23.2 Å². The maximum atomic E-state index is 13.3. The van der Waals surface area contributed by atoms with Gasteiger partial charge >= 0.3 is 0 Å². The molecule has 4 rings (SSSR count). The zero-order chi connectivity index (χ0) is 16.7. The molecule has 3 nitrogen and oxygen atoms in total. The summed E-state index contributed by atoms with van der Waals surface area (Å²) in [6.07, 6.45) is 12.0. The van der Waals surface area contributed by atoms with Crippen molar-refractivity contribution >= 4 is 5.78 Å². The molecule has 3 fully saturated rings. The summed E-state index contributed by atoms with van der Waals surface area (Å²) in [6, 6.07) is 3.98. The van der Waals surface area contributed by atoms with E-state index in [1.54, 1.807) is 7.11 Å². The Bertz CT molecular complexity index is 595. The van der Waals surface area contributed by atoms with Crippen LogP contribution in [0.3, 0.4) is 0 Å². The van der Waals surface area contributed by atoms with E-state index in [2.05, 4.69) is 18.0 Å². The van der Waals surface area contributed by atoms with Crippen LogP contribution in [0.25, 0.3) is 0 Å². The predicted molar refractivity (Wildman–Crippen MR) is 94.1 cm³/mol. The molecule has 0 saturated heterocycles. The van der Waals surface area contributed by atoms with Crippen molar-refractivity contribution in [1.82, 2.24) is 4.98 Å². The highest BCUT2D eigenvalue weighted by Gasteiger charge is 2.52. The molecule has 0 spiro atoms. The number of Topliss-reactive ketones (excluding diaryl/α,β-unsaturated/α-hetero) is 1. The summed E-state index contributed by atoms with van der Waals surface area (Å²) in [7, 11) is 1.63. The summed E-state index contributed by atoms with van der Waals surface area (Å²) in [5.41, 5.74) is 1.13. The lowest BCUT2D eigenvalue weighted by Gasteiger charge is -2.40. The Morgan fingerprint density at radius 3 is 2.46 bits per heavy atom. The number of hydrogen-bond acceptors (Lipinski definition) is 3. The van der Waals surface area contributed by atoms with Gasteiger partial charge in [-0.05, 0) is 49.0 Å². The molecule has 0 aromatic carbocycles. The maximum Gasteiger partial charge on any atom is 0.212 e. The summed E-state index contributed by atoms with van der Waals surface area (Å²) in [5.74, 6) is 3.38. The van der Waals surface area contributed by atoms with Gasteiger partial charge in [0.2, 0.25) is 5.88 Å². The minimum absolute atomic E-state index is 0.0722. The molecule has 130 valence electrons. The number of ketones is 1. The highest BCUT2D eigenvalue weighted by atomic mass is 16.5. The second-order valence-electron chi connectivity index (χ2n) is 8.67. The van der Waals surface area contributed by atoms with Crippen LogP contribution < -0.4 is 4.74 Å². The van der Waals surface area contributed by atoms with E-state index in [4.69, 9.17) is 4.74 Å². The lowest BCUT2D eigenvalue weighted by Crippen LogP contribution is -2.38. The molecule has 1 aromatic rings. The third-order valence-corrected chi connectivity index (χ3v) is 6.74. The molecule has 3 saturated carbocycles. The number of rotatable bonds is 4. The molecule has 4 atom stereocenters. The van der Waals surface area contributed by atoms with Gasteiger partial charge in [-0.3, -0.25) is 4.79 Å². The Balaban J connectivity index is 1.45. The number of methoxy groups -OCH3 is 1. The SMILES string of the molecule is COc1ccc(C2CC2C(=O)C2(C)CC3CCCCC(C3)C2)cn1. The first-order chi connectivity index (χ1) is 11.6. The van der Waals surface area contributed by atoms with E-state index >= 15 is 0 Å². The number of aromatic nitrogens is 1. The molecule has 3 heteroatoms. The van der Waals surface area contributed by atoms with E-state index in [0.717, 1.165) is 31.1 Å².